The molecule has 28 heavy (non-hydrogen) atoms. The van der Waals surface area contributed by atoms with Gasteiger partial charge in [-0.05, 0) is 60.8 Å². The highest BCUT2D eigenvalue weighted by atomic mass is 32.3. The first-order valence-electron chi connectivity index (χ1n) is 7.84. The number of aromatic carboxylic acids is 1. The molecular formula is C17H16F3NO5S2. The number of carboxylic acid groups (broad SMARTS) is 1. The normalized spacial score (nSPS) is 12.2. The average Bonchev–Trinajstić information content (AvgIpc) is 2.59. The molecule has 0 heterocycles. The lowest BCUT2D eigenvalue weighted by molar-refractivity contribution is -0.274. The van der Waals surface area contributed by atoms with Gasteiger partial charge in [-0.2, -0.15) is 0 Å². The first kappa shape index (κ1) is 22.1. The number of rotatable bonds is 7. The number of ether oxygens (including phenoxy) is 1. The highest BCUT2D eigenvalue weighted by molar-refractivity contribution is 8.08. The smallest absolute Gasteiger partial charge is 0.478 e. The summed E-state index contributed by atoms with van der Waals surface area (Å²) < 4.78 is 67.1. The molecular weight excluding hydrogens is 419 g/mol. The van der Waals surface area contributed by atoms with Crippen molar-refractivity contribution in [2.75, 3.05) is 6.54 Å². The van der Waals surface area contributed by atoms with Crippen LogP contribution in [0.1, 0.15) is 22.8 Å². The predicted octanol–water partition coefficient (Wildman–Crippen LogP) is 4.31. The third-order valence-electron chi connectivity index (χ3n) is 3.53. The van der Waals surface area contributed by atoms with E-state index in [1.54, 1.807) is 13.8 Å². The lowest BCUT2D eigenvalue weighted by atomic mass is 10.1. The van der Waals surface area contributed by atoms with Gasteiger partial charge in [-0.25, -0.2) is 13.2 Å². The van der Waals surface area contributed by atoms with Crippen LogP contribution in [0.2, 0.25) is 0 Å². The molecule has 0 aliphatic heterocycles. The van der Waals surface area contributed by atoms with E-state index < -0.39 is 28.1 Å². The van der Waals surface area contributed by atoms with Gasteiger partial charge in [0, 0.05) is 11.4 Å². The summed E-state index contributed by atoms with van der Waals surface area (Å²) in [5, 5.41) is 9.19. The molecule has 0 radical (unpaired) electrons. The summed E-state index contributed by atoms with van der Waals surface area (Å²) in [4.78, 5) is 11.4. The summed E-state index contributed by atoms with van der Waals surface area (Å²) in [5.41, 5.74) is 0.290. The van der Waals surface area contributed by atoms with Gasteiger partial charge in [0.05, 0.1) is 10.5 Å². The lowest BCUT2D eigenvalue weighted by Crippen LogP contribution is -2.24. The van der Waals surface area contributed by atoms with E-state index in [0.29, 0.717) is 10.5 Å². The zero-order valence-corrected chi connectivity index (χ0v) is 16.4. The number of nitrogens with zero attached hydrogens (tertiary/aromatic N) is 1. The number of carbonyl (C=O) groups is 1. The molecule has 0 fully saturated rings. The highest BCUT2D eigenvalue weighted by Gasteiger charge is 2.31. The highest BCUT2D eigenvalue weighted by Crippen LogP contribution is 2.32. The zero-order chi connectivity index (χ0) is 21.1. The maximum atomic E-state index is 12.8. The molecule has 0 aromatic heterocycles. The van der Waals surface area contributed by atoms with E-state index in [-0.39, 0.29) is 17.0 Å². The fraction of sp³-hybridized carbons (Fsp3) is 0.235. The van der Waals surface area contributed by atoms with Gasteiger partial charge in [0.25, 0.3) is 10.0 Å². The maximum Gasteiger partial charge on any atom is 0.573 e. The van der Waals surface area contributed by atoms with Crippen LogP contribution in [0.5, 0.6) is 5.75 Å². The SMILES string of the molecule is CCN(Sc1ccc(OC(F)(F)F)cc1)S(=O)(=O)c1ccc(C)c(C(=O)O)c1. The van der Waals surface area contributed by atoms with Crippen molar-refractivity contribution in [3.05, 3.63) is 53.6 Å². The van der Waals surface area contributed by atoms with Crippen molar-refractivity contribution < 1.29 is 36.2 Å². The van der Waals surface area contributed by atoms with Crippen LogP contribution < -0.4 is 4.74 Å². The molecule has 0 amide bonds. The largest absolute Gasteiger partial charge is 0.573 e. The van der Waals surface area contributed by atoms with E-state index in [1.165, 1.54) is 24.3 Å². The van der Waals surface area contributed by atoms with Crippen molar-refractivity contribution in [2.45, 2.75) is 30.0 Å². The van der Waals surface area contributed by atoms with Gasteiger partial charge in [-0.1, -0.05) is 13.0 Å². The molecule has 0 aliphatic carbocycles. The van der Waals surface area contributed by atoms with E-state index in [1.807, 2.05) is 0 Å². The Labute approximate surface area is 164 Å². The molecule has 0 saturated heterocycles. The Morgan fingerprint density at radius 3 is 2.29 bits per heavy atom. The summed E-state index contributed by atoms with van der Waals surface area (Å²) in [6, 6.07) is 8.52. The summed E-state index contributed by atoms with van der Waals surface area (Å²) in [6.07, 6.45) is -4.82. The van der Waals surface area contributed by atoms with E-state index in [9.17, 15) is 31.5 Å². The molecule has 0 bridgehead atoms. The minimum absolute atomic E-state index is 0.0457. The molecule has 0 saturated carbocycles. The fourth-order valence-electron chi connectivity index (χ4n) is 2.21. The molecule has 0 spiro atoms. The minimum atomic E-state index is -4.82. The fourth-order valence-corrected chi connectivity index (χ4v) is 4.83. The molecule has 0 unspecified atom stereocenters. The number of hydrogen-bond acceptors (Lipinski definition) is 5. The Kier molecular flexibility index (Phi) is 6.63. The molecule has 0 atom stereocenters. The third kappa shape index (κ3) is 5.40. The Balaban J connectivity index is 2.27. The predicted molar refractivity (Wildman–Crippen MR) is 96.7 cm³/mol. The van der Waals surface area contributed by atoms with Gasteiger partial charge in [0.15, 0.2) is 0 Å². The van der Waals surface area contributed by atoms with Crippen LogP contribution >= 0.6 is 11.9 Å². The molecule has 152 valence electrons. The van der Waals surface area contributed by atoms with Crippen LogP contribution in [0.3, 0.4) is 0 Å². The van der Waals surface area contributed by atoms with Crippen LogP contribution in [0.25, 0.3) is 0 Å². The van der Waals surface area contributed by atoms with Crippen molar-refractivity contribution in [3.63, 3.8) is 0 Å². The number of benzene rings is 2. The standard InChI is InChI=1S/C17H16F3NO5S2/c1-3-21(27-13-7-5-12(6-8-13)26-17(18,19)20)28(24,25)14-9-4-11(2)15(10-14)16(22)23/h4-10H,3H2,1-2H3,(H,22,23). The molecule has 2 aromatic carbocycles. The molecule has 1 N–H and O–H groups in total. The van der Waals surface area contributed by atoms with Gasteiger partial charge in [-0.15, -0.1) is 16.9 Å². The summed E-state index contributed by atoms with van der Waals surface area (Å²) >= 11 is 0.797. The van der Waals surface area contributed by atoms with Gasteiger partial charge in [-0.3, -0.25) is 0 Å². The Bertz CT molecular complexity index is 960. The van der Waals surface area contributed by atoms with E-state index in [4.69, 9.17) is 0 Å². The summed E-state index contributed by atoms with van der Waals surface area (Å²) in [6.45, 7) is 3.18. The van der Waals surface area contributed by atoms with Gasteiger partial charge < -0.3 is 9.84 Å². The second-order valence-electron chi connectivity index (χ2n) is 5.52. The van der Waals surface area contributed by atoms with Gasteiger partial charge >= 0.3 is 12.3 Å². The molecule has 6 nitrogen and oxygen atoms in total. The van der Waals surface area contributed by atoms with Crippen LogP contribution in [-0.2, 0) is 10.0 Å². The maximum absolute atomic E-state index is 12.8. The third-order valence-corrected chi connectivity index (χ3v) is 6.93. The number of hydrogen-bond donors (Lipinski definition) is 1. The van der Waals surface area contributed by atoms with Crippen molar-refractivity contribution >= 4 is 27.9 Å². The number of carboxylic acids is 1. The summed E-state index contributed by atoms with van der Waals surface area (Å²) in [7, 11) is -4.04. The number of sulfonamides is 1. The second kappa shape index (κ2) is 8.41. The van der Waals surface area contributed by atoms with Crippen molar-refractivity contribution in [1.82, 2.24) is 3.71 Å². The van der Waals surface area contributed by atoms with E-state index in [0.717, 1.165) is 33.9 Å². The van der Waals surface area contributed by atoms with E-state index >= 15 is 0 Å². The quantitative estimate of drug-likeness (QED) is 0.653. The lowest BCUT2D eigenvalue weighted by Gasteiger charge is -2.20. The van der Waals surface area contributed by atoms with Crippen LogP contribution in [0, 0.1) is 6.92 Å². The first-order chi connectivity index (χ1) is 12.9. The Hall–Kier alpha value is -2.24. The second-order valence-corrected chi connectivity index (χ2v) is 8.70. The number of halogens is 3. The van der Waals surface area contributed by atoms with Crippen molar-refractivity contribution in [1.29, 1.82) is 0 Å². The van der Waals surface area contributed by atoms with Crippen LogP contribution in [0.4, 0.5) is 13.2 Å². The zero-order valence-electron chi connectivity index (χ0n) is 14.7. The topological polar surface area (TPSA) is 83.9 Å². The average molecular weight is 435 g/mol. The molecule has 11 heteroatoms. The number of aryl methyl sites for hydroxylation is 1. The molecule has 2 rings (SSSR count). The monoisotopic (exact) mass is 435 g/mol. The van der Waals surface area contributed by atoms with Gasteiger partial charge in [0.2, 0.25) is 0 Å². The molecule has 2 aromatic rings. The Morgan fingerprint density at radius 2 is 1.79 bits per heavy atom. The van der Waals surface area contributed by atoms with Crippen molar-refractivity contribution in [2.24, 2.45) is 0 Å². The van der Waals surface area contributed by atoms with Crippen LogP contribution in [0.15, 0.2) is 52.3 Å². The summed E-state index contributed by atoms with van der Waals surface area (Å²) in [5.74, 6) is -1.67. The van der Waals surface area contributed by atoms with E-state index in [2.05, 4.69) is 4.74 Å². The van der Waals surface area contributed by atoms with Crippen molar-refractivity contribution in [3.8, 4) is 5.75 Å². The number of alkyl halides is 3. The minimum Gasteiger partial charge on any atom is -0.478 e. The van der Waals surface area contributed by atoms with Crippen LogP contribution in [-0.4, -0.2) is 36.1 Å². The van der Waals surface area contributed by atoms with Gasteiger partial charge in [0.1, 0.15) is 5.75 Å². The Morgan fingerprint density at radius 1 is 1.18 bits per heavy atom. The molecule has 0 aliphatic rings. The first-order valence-corrected chi connectivity index (χ1v) is 10.1.